The molecule has 2 N–H and O–H groups in total. The maximum absolute atomic E-state index is 5.99. The lowest BCUT2D eigenvalue weighted by atomic mass is 10.1. The molecule has 0 radical (unpaired) electrons. The number of anilines is 1. The summed E-state index contributed by atoms with van der Waals surface area (Å²) in [7, 11) is 0. The number of aryl methyl sites for hydroxylation is 3. The Kier molecular flexibility index (Phi) is 4.65. The fourth-order valence-electron chi connectivity index (χ4n) is 1.88. The van der Waals surface area contributed by atoms with Gasteiger partial charge in [-0.3, -0.25) is 0 Å². The van der Waals surface area contributed by atoms with Crippen molar-refractivity contribution >= 4 is 17.6 Å². The topological polar surface area (TPSA) is 51.8 Å². The predicted octanol–water partition coefficient (Wildman–Crippen LogP) is 4.09. The van der Waals surface area contributed by atoms with E-state index in [4.69, 9.17) is 5.73 Å². The lowest BCUT2D eigenvalue weighted by Gasteiger charge is -2.10. The molecular weight excluding hydrogens is 266 g/mol. The molecule has 0 fully saturated rings. The number of aromatic nitrogens is 2. The van der Waals surface area contributed by atoms with Crippen LogP contribution in [0.15, 0.2) is 28.1 Å². The highest BCUT2D eigenvalue weighted by molar-refractivity contribution is 7.99. The monoisotopic (exact) mass is 287 g/mol. The minimum atomic E-state index is 0.592. The first-order chi connectivity index (χ1) is 9.51. The van der Waals surface area contributed by atoms with E-state index in [1.54, 1.807) is 11.8 Å². The second kappa shape index (κ2) is 6.27. The van der Waals surface area contributed by atoms with Crippen LogP contribution in [0, 0.1) is 20.8 Å². The summed E-state index contributed by atoms with van der Waals surface area (Å²) in [5, 5.41) is 0.962. The molecule has 4 heteroatoms. The first-order valence-electron chi connectivity index (χ1n) is 6.89. The Hall–Kier alpha value is -1.55. The molecule has 106 valence electrons. The Morgan fingerprint density at radius 3 is 2.50 bits per heavy atom. The fraction of sp³-hybridized carbons (Fsp3) is 0.375. The molecular formula is C16H21N3S. The Morgan fingerprint density at radius 1 is 1.10 bits per heavy atom. The van der Waals surface area contributed by atoms with Gasteiger partial charge in [0.25, 0.3) is 0 Å². The highest BCUT2D eigenvalue weighted by atomic mass is 32.2. The van der Waals surface area contributed by atoms with Crippen LogP contribution in [-0.4, -0.2) is 9.97 Å². The van der Waals surface area contributed by atoms with E-state index in [1.807, 2.05) is 6.92 Å². The summed E-state index contributed by atoms with van der Waals surface area (Å²) in [6.45, 7) is 8.35. The van der Waals surface area contributed by atoms with E-state index in [0.29, 0.717) is 5.82 Å². The lowest BCUT2D eigenvalue weighted by molar-refractivity contribution is 0.805. The summed E-state index contributed by atoms with van der Waals surface area (Å²) in [4.78, 5) is 10.2. The van der Waals surface area contributed by atoms with Crippen LogP contribution in [0.5, 0.6) is 0 Å². The van der Waals surface area contributed by atoms with Gasteiger partial charge in [-0.1, -0.05) is 24.8 Å². The molecule has 3 nitrogen and oxygen atoms in total. The van der Waals surface area contributed by atoms with E-state index in [2.05, 4.69) is 48.9 Å². The normalized spacial score (nSPS) is 10.8. The molecule has 0 saturated heterocycles. The summed E-state index contributed by atoms with van der Waals surface area (Å²) in [5.74, 6) is 1.43. The maximum Gasteiger partial charge on any atom is 0.132 e. The van der Waals surface area contributed by atoms with E-state index in [1.165, 1.54) is 16.0 Å². The van der Waals surface area contributed by atoms with Crippen molar-refractivity contribution in [3.63, 3.8) is 0 Å². The van der Waals surface area contributed by atoms with Crippen LogP contribution in [0.2, 0.25) is 0 Å². The molecule has 0 spiro atoms. The van der Waals surface area contributed by atoms with Crippen LogP contribution in [0.3, 0.4) is 0 Å². The average molecular weight is 287 g/mol. The van der Waals surface area contributed by atoms with Crippen molar-refractivity contribution < 1.29 is 0 Å². The molecule has 1 aromatic heterocycles. The molecule has 20 heavy (non-hydrogen) atoms. The molecule has 1 aromatic carbocycles. The van der Waals surface area contributed by atoms with Crippen molar-refractivity contribution in [2.24, 2.45) is 0 Å². The van der Waals surface area contributed by atoms with Gasteiger partial charge in [0.05, 0.1) is 0 Å². The number of hydrogen-bond acceptors (Lipinski definition) is 4. The summed E-state index contributed by atoms with van der Waals surface area (Å²) < 4.78 is 0. The Balaban J connectivity index is 2.34. The average Bonchev–Trinajstić information content (AvgIpc) is 2.40. The molecule has 2 aromatic rings. The van der Waals surface area contributed by atoms with Gasteiger partial charge in [0, 0.05) is 16.9 Å². The molecule has 0 amide bonds. The smallest absolute Gasteiger partial charge is 0.132 e. The van der Waals surface area contributed by atoms with Gasteiger partial charge < -0.3 is 5.73 Å². The Morgan fingerprint density at radius 2 is 1.85 bits per heavy atom. The zero-order valence-corrected chi connectivity index (χ0v) is 13.3. The molecule has 0 saturated carbocycles. The van der Waals surface area contributed by atoms with Crippen molar-refractivity contribution in [1.82, 2.24) is 9.97 Å². The molecule has 1 heterocycles. The maximum atomic E-state index is 5.99. The van der Waals surface area contributed by atoms with Gasteiger partial charge in [0.2, 0.25) is 0 Å². The molecule has 2 rings (SSSR count). The second-order valence-electron chi connectivity index (χ2n) is 5.05. The Labute approximate surface area is 125 Å². The van der Waals surface area contributed by atoms with Crippen molar-refractivity contribution in [2.75, 3.05) is 5.73 Å². The summed E-state index contributed by atoms with van der Waals surface area (Å²) in [6.07, 6.45) is 1.89. The van der Waals surface area contributed by atoms with E-state index in [-0.39, 0.29) is 0 Å². The number of nitrogens with zero attached hydrogens (tertiary/aromatic N) is 2. The molecule has 0 aliphatic rings. The highest BCUT2D eigenvalue weighted by Gasteiger charge is 2.10. The van der Waals surface area contributed by atoms with Crippen molar-refractivity contribution in [3.05, 3.63) is 40.7 Å². The van der Waals surface area contributed by atoms with Crippen LogP contribution in [0.25, 0.3) is 0 Å². The van der Waals surface area contributed by atoms with Gasteiger partial charge in [0.1, 0.15) is 16.7 Å². The number of nitrogen functional groups attached to an aromatic ring is 1. The van der Waals surface area contributed by atoms with E-state index in [9.17, 15) is 0 Å². The molecule has 0 aliphatic carbocycles. The molecule has 0 aliphatic heterocycles. The van der Waals surface area contributed by atoms with Gasteiger partial charge in [-0.2, -0.15) is 0 Å². The lowest BCUT2D eigenvalue weighted by Crippen LogP contribution is -2.04. The first kappa shape index (κ1) is 14.9. The largest absolute Gasteiger partial charge is 0.383 e. The summed E-state index contributed by atoms with van der Waals surface area (Å²) >= 11 is 1.66. The molecule has 0 unspecified atom stereocenters. The van der Waals surface area contributed by atoms with Crippen LogP contribution in [0.1, 0.15) is 35.9 Å². The zero-order valence-electron chi connectivity index (χ0n) is 12.5. The van der Waals surface area contributed by atoms with Gasteiger partial charge in [-0.15, -0.1) is 0 Å². The van der Waals surface area contributed by atoms with E-state index < -0.39 is 0 Å². The summed E-state index contributed by atoms with van der Waals surface area (Å²) in [6, 6.07) is 6.46. The van der Waals surface area contributed by atoms with Crippen molar-refractivity contribution in [2.45, 2.75) is 50.5 Å². The SMILES string of the molecule is CCCc1nc(N)c(C)c(Sc2ccc(C)c(C)c2)n1. The standard InChI is InChI=1S/C16H21N3S/c1-5-6-14-18-15(17)12(4)16(19-14)20-13-8-7-10(2)11(3)9-13/h7-9H,5-6H2,1-4H3,(H2,17,18,19). The van der Waals surface area contributed by atoms with Crippen molar-refractivity contribution in [1.29, 1.82) is 0 Å². The third-order valence-corrected chi connectivity index (χ3v) is 4.43. The third-order valence-electron chi connectivity index (χ3n) is 3.35. The predicted molar refractivity (Wildman–Crippen MR) is 85.2 cm³/mol. The van der Waals surface area contributed by atoms with E-state index in [0.717, 1.165) is 29.3 Å². The van der Waals surface area contributed by atoms with Crippen LogP contribution in [0.4, 0.5) is 5.82 Å². The minimum Gasteiger partial charge on any atom is -0.383 e. The fourth-order valence-corrected chi connectivity index (χ4v) is 2.89. The Bertz CT molecular complexity index is 623. The number of hydrogen-bond donors (Lipinski definition) is 1. The minimum absolute atomic E-state index is 0.592. The van der Waals surface area contributed by atoms with Gasteiger partial charge in [-0.25, -0.2) is 9.97 Å². The van der Waals surface area contributed by atoms with E-state index >= 15 is 0 Å². The highest BCUT2D eigenvalue weighted by Crippen LogP contribution is 2.31. The van der Waals surface area contributed by atoms with Crippen LogP contribution < -0.4 is 5.73 Å². The van der Waals surface area contributed by atoms with Crippen LogP contribution in [-0.2, 0) is 6.42 Å². The van der Waals surface area contributed by atoms with Gasteiger partial charge in [-0.05, 0) is 50.5 Å². The quantitative estimate of drug-likeness (QED) is 0.861. The zero-order chi connectivity index (χ0) is 14.7. The number of rotatable bonds is 4. The summed E-state index contributed by atoms with van der Waals surface area (Å²) in [5.41, 5.74) is 9.56. The number of benzene rings is 1. The van der Waals surface area contributed by atoms with Gasteiger partial charge >= 0.3 is 0 Å². The van der Waals surface area contributed by atoms with Gasteiger partial charge in [0.15, 0.2) is 0 Å². The number of nitrogens with two attached hydrogens (primary N) is 1. The molecule has 0 bridgehead atoms. The van der Waals surface area contributed by atoms with Crippen molar-refractivity contribution in [3.8, 4) is 0 Å². The van der Waals surface area contributed by atoms with Crippen LogP contribution >= 0.6 is 11.8 Å². The first-order valence-corrected chi connectivity index (χ1v) is 7.71. The third kappa shape index (κ3) is 3.31. The second-order valence-corrected chi connectivity index (χ2v) is 6.12. The molecule has 0 atom stereocenters.